The zero-order chi connectivity index (χ0) is 13.7. The molecular weight excluding hydrogens is 238 g/mol. The van der Waals surface area contributed by atoms with E-state index in [4.69, 9.17) is 10.4 Å². The number of nitrogens with zero attached hydrogens (tertiary/aromatic N) is 3. The predicted octanol–water partition coefficient (Wildman–Crippen LogP) is 1.64. The number of aromatic carboxylic acids is 1. The number of anilines is 1. The summed E-state index contributed by atoms with van der Waals surface area (Å²) in [5, 5.41) is 28.4. The maximum absolute atomic E-state index is 11.0. The number of rotatable bonds is 5. The van der Waals surface area contributed by atoms with E-state index in [0.29, 0.717) is 6.54 Å². The van der Waals surface area contributed by atoms with Crippen LogP contribution in [0.4, 0.5) is 11.4 Å². The van der Waals surface area contributed by atoms with Crippen LogP contribution in [-0.2, 0) is 0 Å². The van der Waals surface area contributed by atoms with Crippen LogP contribution < -0.4 is 4.90 Å². The Hall–Kier alpha value is -2.62. The fourth-order valence-electron chi connectivity index (χ4n) is 1.54. The molecule has 1 aromatic rings. The van der Waals surface area contributed by atoms with Crippen molar-refractivity contribution in [2.45, 2.75) is 6.42 Å². The van der Waals surface area contributed by atoms with Crippen LogP contribution in [0.3, 0.4) is 0 Å². The second-order valence-electron chi connectivity index (χ2n) is 3.57. The number of nitro groups is 1. The molecule has 0 aromatic heterocycles. The van der Waals surface area contributed by atoms with E-state index in [0.717, 1.165) is 0 Å². The molecule has 7 heteroatoms. The third kappa shape index (κ3) is 2.74. The van der Waals surface area contributed by atoms with Crippen LogP contribution in [0.2, 0.25) is 0 Å². The molecule has 1 rings (SSSR count). The van der Waals surface area contributed by atoms with Gasteiger partial charge in [0.05, 0.1) is 17.4 Å². The summed E-state index contributed by atoms with van der Waals surface area (Å²) in [6, 6.07) is 6.01. The second kappa shape index (κ2) is 5.63. The van der Waals surface area contributed by atoms with Gasteiger partial charge in [0.1, 0.15) is 11.3 Å². The lowest BCUT2D eigenvalue weighted by Gasteiger charge is -2.18. The smallest absolute Gasteiger partial charge is 0.342 e. The van der Waals surface area contributed by atoms with E-state index < -0.39 is 16.6 Å². The lowest BCUT2D eigenvalue weighted by atomic mass is 10.1. The van der Waals surface area contributed by atoms with Crippen molar-refractivity contribution < 1.29 is 14.8 Å². The molecule has 0 heterocycles. The van der Waals surface area contributed by atoms with Crippen molar-refractivity contribution in [2.24, 2.45) is 0 Å². The molecule has 0 aliphatic carbocycles. The molecule has 94 valence electrons. The van der Waals surface area contributed by atoms with Crippen LogP contribution in [0.1, 0.15) is 16.8 Å². The minimum absolute atomic E-state index is 0.190. The monoisotopic (exact) mass is 249 g/mol. The van der Waals surface area contributed by atoms with E-state index in [1.807, 2.05) is 6.07 Å². The molecule has 0 spiro atoms. The molecule has 0 saturated carbocycles. The minimum atomic E-state index is -1.35. The molecule has 1 N–H and O–H groups in total. The number of benzene rings is 1. The van der Waals surface area contributed by atoms with Crippen molar-refractivity contribution in [1.29, 1.82) is 5.26 Å². The number of nitriles is 1. The molecular formula is C11H11N3O4. The topological polar surface area (TPSA) is 107 Å². The molecule has 0 aliphatic rings. The van der Waals surface area contributed by atoms with Crippen LogP contribution in [0.25, 0.3) is 0 Å². The summed E-state index contributed by atoms with van der Waals surface area (Å²) in [5.41, 5.74) is -0.623. The maximum Gasteiger partial charge on any atom is 0.342 e. The van der Waals surface area contributed by atoms with E-state index in [-0.39, 0.29) is 17.7 Å². The zero-order valence-corrected chi connectivity index (χ0v) is 9.66. The molecule has 1 aromatic carbocycles. The number of para-hydroxylation sites is 1. The number of carbonyl (C=O) groups is 1. The van der Waals surface area contributed by atoms with Gasteiger partial charge in [-0.15, -0.1) is 0 Å². The number of hydrogen-bond acceptors (Lipinski definition) is 5. The third-order valence-corrected chi connectivity index (χ3v) is 2.40. The normalized spacial score (nSPS) is 9.56. The lowest BCUT2D eigenvalue weighted by molar-refractivity contribution is -0.384. The van der Waals surface area contributed by atoms with Crippen molar-refractivity contribution in [1.82, 2.24) is 0 Å². The first-order valence-corrected chi connectivity index (χ1v) is 5.07. The quantitative estimate of drug-likeness (QED) is 0.627. The van der Waals surface area contributed by atoms with Crippen molar-refractivity contribution >= 4 is 17.3 Å². The SMILES string of the molecule is CN(CCC#N)c1cccc(C(=O)O)c1[N+](=O)[O-]. The van der Waals surface area contributed by atoms with Gasteiger partial charge >= 0.3 is 11.7 Å². The van der Waals surface area contributed by atoms with E-state index in [9.17, 15) is 14.9 Å². The van der Waals surface area contributed by atoms with Gasteiger partial charge in [-0.1, -0.05) is 6.07 Å². The van der Waals surface area contributed by atoms with E-state index >= 15 is 0 Å². The van der Waals surface area contributed by atoms with Crippen LogP contribution in [0.5, 0.6) is 0 Å². The third-order valence-electron chi connectivity index (χ3n) is 2.40. The van der Waals surface area contributed by atoms with E-state index in [2.05, 4.69) is 0 Å². The van der Waals surface area contributed by atoms with Crippen molar-refractivity contribution in [2.75, 3.05) is 18.5 Å². The highest BCUT2D eigenvalue weighted by Gasteiger charge is 2.25. The first-order chi connectivity index (χ1) is 8.49. The highest BCUT2D eigenvalue weighted by atomic mass is 16.6. The lowest BCUT2D eigenvalue weighted by Crippen LogP contribution is -2.20. The van der Waals surface area contributed by atoms with Gasteiger partial charge in [0.25, 0.3) is 0 Å². The average Bonchev–Trinajstić information content (AvgIpc) is 2.34. The van der Waals surface area contributed by atoms with Crippen LogP contribution in [-0.4, -0.2) is 29.6 Å². The maximum atomic E-state index is 11.0. The zero-order valence-electron chi connectivity index (χ0n) is 9.66. The predicted molar refractivity (Wildman–Crippen MR) is 63.6 cm³/mol. The van der Waals surface area contributed by atoms with Crippen molar-refractivity contribution in [3.63, 3.8) is 0 Å². The van der Waals surface area contributed by atoms with Gasteiger partial charge in [-0.3, -0.25) is 10.1 Å². The highest BCUT2D eigenvalue weighted by molar-refractivity contribution is 5.95. The Morgan fingerprint density at radius 1 is 1.61 bits per heavy atom. The second-order valence-corrected chi connectivity index (χ2v) is 3.57. The molecule has 0 unspecified atom stereocenters. The summed E-state index contributed by atoms with van der Waals surface area (Å²) in [7, 11) is 1.57. The average molecular weight is 249 g/mol. The molecule has 7 nitrogen and oxygen atoms in total. The van der Waals surface area contributed by atoms with E-state index in [1.165, 1.54) is 23.1 Å². The summed E-state index contributed by atoms with van der Waals surface area (Å²) in [4.78, 5) is 22.7. The minimum Gasteiger partial charge on any atom is -0.477 e. The first kappa shape index (κ1) is 13.4. The van der Waals surface area contributed by atoms with Gasteiger partial charge in [-0.2, -0.15) is 5.26 Å². The number of carboxylic acid groups (broad SMARTS) is 1. The Labute approximate surface area is 103 Å². The van der Waals surface area contributed by atoms with E-state index in [1.54, 1.807) is 7.05 Å². The fourth-order valence-corrected chi connectivity index (χ4v) is 1.54. The molecule has 0 fully saturated rings. The Kier molecular flexibility index (Phi) is 4.21. The summed E-state index contributed by atoms with van der Waals surface area (Å²) in [6.07, 6.45) is 0.199. The fraction of sp³-hybridized carbons (Fsp3) is 0.273. The van der Waals surface area contributed by atoms with Crippen molar-refractivity contribution in [3.05, 3.63) is 33.9 Å². The van der Waals surface area contributed by atoms with Gasteiger partial charge in [0.2, 0.25) is 0 Å². The van der Waals surface area contributed by atoms with Gasteiger partial charge < -0.3 is 10.0 Å². The van der Waals surface area contributed by atoms with Crippen LogP contribution >= 0.6 is 0 Å². The molecule has 0 radical (unpaired) electrons. The molecule has 0 bridgehead atoms. The molecule has 0 aliphatic heterocycles. The van der Waals surface area contributed by atoms with Gasteiger partial charge in [-0.05, 0) is 12.1 Å². The van der Waals surface area contributed by atoms with Gasteiger partial charge in [0, 0.05) is 13.6 Å². The Morgan fingerprint density at radius 3 is 2.78 bits per heavy atom. The van der Waals surface area contributed by atoms with Gasteiger partial charge in [-0.25, -0.2) is 4.79 Å². The van der Waals surface area contributed by atoms with Crippen molar-refractivity contribution in [3.8, 4) is 6.07 Å². The van der Waals surface area contributed by atoms with Crippen LogP contribution in [0.15, 0.2) is 18.2 Å². The first-order valence-electron chi connectivity index (χ1n) is 5.07. The number of carboxylic acids is 1. The molecule has 0 atom stereocenters. The highest BCUT2D eigenvalue weighted by Crippen LogP contribution is 2.31. The summed E-state index contributed by atoms with van der Waals surface area (Å²) in [6.45, 7) is 0.292. The summed E-state index contributed by atoms with van der Waals surface area (Å²) < 4.78 is 0. The Balaban J connectivity index is 3.27. The number of nitro benzene ring substituents is 1. The molecule has 18 heavy (non-hydrogen) atoms. The largest absolute Gasteiger partial charge is 0.477 e. The Bertz CT molecular complexity index is 522. The van der Waals surface area contributed by atoms with Gasteiger partial charge in [0.15, 0.2) is 0 Å². The number of hydrogen-bond donors (Lipinski definition) is 1. The molecule has 0 amide bonds. The Morgan fingerprint density at radius 2 is 2.28 bits per heavy atom. The standard InChI is InChI=1S/C11H11N3O4/c1-13(7-3-6-12)9-5-2-4-8(11(15)16)10(9)14(17)18/h2,4-5H,3,7H2,1H3,(H,15,16). The summed E-state index contributed by atoms with van der Waals surface area (Å²) in [5.74, 6) is -1.35. The van der Waals surface area contributed by atoms with Crippen LogP contribution in [0, 0.1) is 21.4 Å². The summed E-state index contributed by atoms with van der Waals surface area (Å²) >= 11 is 0. The molecule has 0 saturated heterocycles.